The Labute approximate surface area is 191 Å². The van der Waals surface area contributed by atoms with E-state index >= 15 is 0 Å². The van der Waals surface area contributed by atoms with E-state index in [0.717, 1.165) is 27.5 Å². The van der Waals surface area contributed by atoms with Crippen LogP contribution in [0.4, 0.5) is 0 Å². The van der Waals surface area contributed by atoms with Crippen LogP contribution in [-0.4, -0.2) is 38.4 Å². The molecule has 162 valence electrons. The summed E-state index contributed by atoms with van der Waals surface area (Å²) >= 11 is 3.09. The molecule has 32 heavy (non-hydrogen) atoms. The molecular weight excluding hydrogens is 446 g/mol. The molecule has 0 bridgehead atoms. The highest BCUT2D eigenvalue weighted by Gasteiger charge is 2.16. The van der Waals surface area contributed by atoms with Gasteiger partial charge in [-0.15, -0.1) is 21.5 Å². The SMILES string of the molecule is COc1ccc(-c2nc(CSc3nnc4n(C)c(=O)c5ccccc5n34)cs2)c(OC)c1. The second-order valence-corrected chi connectivity index (χ2v) is 8.80. The Morgan fingerprint density at radius 3 is 2.75 bits per heavy atom. The minimum absolute atomic E-state index is 0.0883. The molecule has 0 unspecified atom stereocenters. The maximum Gasteiger partial charge on any atom is 0.262 e. The van der Waals surface area contributed by atoms with Gasteiger partial charge in [0.1, 0.15) is 16.5 Å². The Morgan fingerprint density at radius 2 is 1.94 bits per heavy atom. The molecule has 3 heterocycles. The third kappa shape index (κ3) is 3.41. The first-order valence-electron chi connectivity index (χ1n) is 9.73. The third-order valence-corrected chi connectivity index (χ3v) is 7.02. The highest BCUT2D eigenvalue weighted by atomic mass is 32.2. The Balaban J connectivity index is 1.46. The van der Waals surface area contributed by atoms with Crippen molar-refractivity contribution < 1.29 is 9.47 Å². The van der Waals surface area contributed by atoms with Gasteiger partial charge in [0.05, 0.1) is 36.4 Å². The molecule has 10 heteroatoms. The first-order chi connectivity index (χ1) is 15.6. The largest absolute Gasteiger partial charge is 0.497 e. The van der Waals surface area contributed by atoms with Crippen LogP contribution in [0.25, 0.3) is 27.3 Å². The fourth-order valence-electron chi connectivity index (χ4n) is 3.52. The summed E-state index contributed by atoms with van der Waals surface area (Å²) in [5, 5.41) is 12.8. The second kappa shape index (κ2) is 8.29. The summed E-state index contributed by atoms with van der Waals surface area (Å²) in [6, 6.07) is 13.2. The summed E-state index contributed by atoms with van der Waals surface area (Å²) in [6.45, 7) is 0. The van der Waals surface area contributed by atoms with E-state index in [0.29, 0.717) is 27.8 Å². The van der Waals surface area contributed by atoms with Gasteiger partial charge in [-0.2, -0.15) is 0 Å². The van der Waals surface area contributed by atoms with Crippen LogP contribution in [-0.2, 0) is 12.8 Å². The molecule has 0 saturated carbocycles. The van der Waals surface area contributed by atoms with Gasteiger partial charge in [-0.1, -0.05) is 23.9 Å². The van der Waals surface area contributed by atoms with Crippen LogP contribution in [0.5, 0.6) is 11.5 Å². The topological polar surface area (TPSA) is 83.5 Å². The summed E-state index contributed by atoms with van der Waals surface area (Å²) in [7, 11) is 4.97. The predicted octanol–water partition coefficient (Wildman–Crippen LogP) is 4.01. The minimum atomic E-state index is -0.0883. The number of nitrogens with zero attached hydrogens (tertiary/aromatic N) is 5. The van der Waals surface area contributed by atoms with Gasteiger partial charge in [0.25, 0.3) is 5.56 Å². The molecule has 5 rings (SSSR count). The number of thioether (sulfide) groups is 1. The smallest absolute Gasteiger partial charge is 0.262 e. The van der Waals surface area contributed by atoms with Gasteiger partial charge in [-0.25, -0.2) is 4.98 Å². The minimum Gasteiger partial charge on any atom is -0.497 e. The fraction of sp³-hybridized carbons (Fsp3) is 0.182. The molecule has 0 fully saturated rings. The van der Waals surface area contributed by atoms with E-state index in [1.54, 1.807) is 32.6 Å². The second-order valence-electron chi connectivity index (χ2n) is 7.00. The van der Waals surface area contributed by atoms with Gasteiger partial charge >= 0.3 is 0 Å². The Hall–Kier alpha value is -3.37. The molecule has 8 nitrogen and oxygen atoms in total. The molecule has 0 N–H and O–H groups in total. The molecule has 0 amide bonds. The van der Waals surface area contributed by atoms with Crippen LogP contribution < -0.4 is 15.0 Å². The van der Waals surface area contributed by atoms with E-state index in [2.05, 4.69) is 10.2 Å². The first kappa shape index (κ1) is 20.5. The molecule has 0 aliphatic carbocycles. The average molecular weight is 466 g/mol. The summed E-state index contributed by atoms with van der Waals surface area (Å²) < 4.78 is 14.2. The standard InChI is InChI=1S/C22H19N5O3S2/c1-26-20(28)15-6-4-5-7-17(15)27-21(26)24-25-22(27)32-12-13-11-31-19(23-13)16-9-8-14(29-2)10-18(16)30-3/h4-11H,12H2,1-3H3. The van der Waals surface area contributed by atoms with Gasteiger partial charge < -0.3 is 9.47 Å². The van der Waals surface area contributed by atoms with Crippen molar-refractivity contribution in [2.75, 3.05) is 14.2 Å². The molecular formula is C22H19N5O3S2. The van der Waals surface area contributed by atoms with E-state index < -0.39 is 0 Å². The van der Waals surface area contributed by atoms with Crippen molar-refractivity contribution in [3.05, 3.63) is 63.9 Å². The number of methoxy groups -OCH3 is 2. The number of aromatic nitrogens is 5. The Kier molecular flexibility index (Phi) is 5.32. The molecule has 0 radical (unpaired) electrons. The lowest BCUT2D eigenvalue weighted by molar-refractivity contribution is 0.395. The lowest BCUT2D eigenvalue weighted by atomic mass is 10.2. The normalized spacial score (nSPS) is 11.3. The van der Waals surface area contributed by atoms with Crippen molar-refractivity contribution in [1.29, 1.82) is 0 Å². The molecule has 2 aromatic carbocycles. The molecule has 3 aromatic heterocycles. The van der Waals surface area contributed by atoms with Crippen molar-refractivity contribution in [3.8, 4) is 22.1 Å². The zero-order chi connectivity index (χ0) is 22.2. The van der Waals surface area contributed by atoms with E-state index in [1.807, 2.05) is 52.2 Å². The monoisotopic (exact) mass is 465 g/mol. The van der Waals surface area contributed by atoms with Crippen molar-refractivity contribution in [3.63, 3.8) is 0 Å². The number of thiazole rings is 1. The lowest BCUT2D eigenvalue weighted by Crippen LogP contribution is -2.20. The van der Waals surface area contributed by atoms with Crippen LogP contribution in [0.15, 0.2) is 57.8 Å². The maximum atomic E-state index is 12.6. The summed E-state index contributed by atoms with van der Waals surface area (Å²) in [5.74, 6) is 2.58. The molecule has 0 spiro atoms. The number of fused-ring (bicyclic) bond motifs is 3. The molecule has 0 aliphatic heterocycles. The summed E-state index contributed by atoms with van der Waals surface area (Å²) in [6.07, 6.45) is 0. The zero-order valence-electron chi connectivity index (χ0n) is 17.6. The van der Waals surface area contributed by atoms with E-state index in [4.69, 9.17) is 14.5 Å². The number of benzene rings is 2. The van der Waals surface area contributed by atoms with Crippen LogP contribution in [0, 0.1) is 0 Å². The molecule has 0 aliphatic rings. The number of aryl methyl sites for hydroxylation is 1. The molecule has 0 atom stereocenters. The van der Waals surface area contributed by atoms with E-state index in [1.165, 1.54) is 16.3 Å². The van der Waals surface area contributed by atoms with Gasteiger partial charge in [0.2, 0.25) is 5.78 Å². The van der Waals surface area contributed by atoms with Crippen LogP contribution in [0.3, 0.4) is 0 Å². The molecule has 0 saturated heterocycles. The van der Waals surface area contributed by atoms with Gasteiger partial charge in [0.15, 0.2) is 5.16 Å². The number of hydrogen-bond acceptors (Lipinski definition) is 8. The zero-order valence-corrected chi connectivity index (χ0v) is 19.2. The number of rotatable bonds is 6. The van der Waals surface area contributed by atoms with Crippen molar-refractivity contribution in [2.24, 2.45) is 7.05 Å². The Morgan fingerprint density at radius 1 is 1.09 bits per heavy atom. The first-order valence-corrected chi connectivity index (χ1v) is 11.6. The van der Waals surface area contributed by atoms with E-state index in [9.17, 15) is 4.79 Å². The number of hydrogen-bond donors (Lipinski definition) is 0. The summed E-state index contributed by atoms with van der Waals surface area (Å²) in [5.41, 5.74) is 2.55. The lowest BCUT2D eigenvalue weighted by Gasteiger charge is -2.08. The van der Waals surface area contributed by atoms with E-state index in [-0.39, 0.29) is 5.56 Å². The van der Waals surface area contributed by atoms with Crippen LogP contribution in [0.2, 0.25) is 0 Å². The highest BCUT2D eigenvalue weighted by Crippen LogP contribution is 2.36. The molecule has 5 aromatic rings. The predicted molar refractivity (Wildman–Crippen MR) is 126 cm³/mol. The van der Waals surface area contributed by atoms with Crippen molar-refractivity contribution >= 4 is 39.8 Å². The third-order valence-electron chi connectivity index (χ3n) is 5.14. The quantitative estimate of drug-likeness (QED) is 0.350. The van der Waals surface area contributed by atoms with Crippen LogP contribution >= 0.6 is 23.1 Å². The summed E-state index contributed by atoms with van der Waals surface area (Å²) in [4.78, 5) is 17.4. The maximum absolute atomic E-state index is 12.6. The average Bonchev–Trinajstić information content (AvgIpc) is 3.48. The number of para-hydroxylation sites is 1. The van der Waals surface area contributed by atoms with Crippen molar-refractivity contribution in [2.45, 2.75) is 10.9 Å². The van der Waals surface area contributed by atoms with Crippen LogP contribution in [0.1, 0.15) is 5.69 Å². The van der Waals surface area contributed by atoms with Gasteiger partial charge in [-0.05, 0) is 24.3 Å². The fourth-order valence-corrected chi connectivity index (χ4v) is 5.30. The van der Waals surface area contributed by atoms with Gasteiger partial charge in [0, 0.05) is 24.2 Å². The Bertz CT molecular complexity index is 1510. The van der Waals surface area contributed by atoms with Gasteiger partial charge in [-0.3, -0.25) is 13.8 Å². The van der Waals surface area contributed by atoms with Crippen molar-refractivity contribution in [1.82, 2.24) is 24.1 Å². The highest BCUT2D eigenvalue weighted by molar-refractivity contribution is 7.98. The number of ether oxygens (including phenoxy) is 2.